The van der Waals surface area contributed by atoms with Crippen molar-refractivity contribution in [2.75, 3.05) is 18.0 Å². The highest BCUT2D eigenvalue weighted by molar-refractivity contribution is 5.87. The quantitative estimate of drug-likeness (QED) is 0.837. The lowest BCUT2D eigenvalue weighted by molar-refractivity contribution is -0.140. The summed E-state index contributed by atoms with van der Waals surface area (Å²) in [6.45, 7) is 5.93. The molecule has 2 heterocycles. The van der Waals surface area contributed by atoms with Crippen LogP contribution in [0.4, 0.5) is 5.82 Å². The zero-order valence-corrected chi connectivity index (χ0v) is 15.9. The fourth-order valence-electron chi connectivity index (χ4n) is 4.35. The summed E-state index contributed by atoms with van der Waals surface area (Å²) in [6.07, 6.45) is 9.66. The Labute approximate surface area is 155 Å². The Morgan fingerprint density at radius 3 is 2.46 bits per heavy atom. The van der Waals surface area contributed by atoms with E-state index in [0.29, 0.717) is 12.0 Å². The predicted octanol–water partition coefficient (Wildman–Crippen LogP) is 3.86. The third kappa shape index (κ3) is 3.22. The van der Waals surface area contributed by atoms with Crippen LogP contribution in [0.1, 0.15) is 75.8 Å². The summed E-state index contributed by atoms with van der Waals surface area (Å²) in [5.41, 5.74) is 1.49. The van der Waals surface area contributed by atoms with Crippen molar-refractivity contribution in [3.05, 3.63) is 23.4 Å². The zero-order valence-electron chi connectivity index (χ0n) is 15.9. The summed E-state index contributed by atoms with van der Waals surface area (Å²) >= 11 is 0. The molecule has 1 N–H and O–H groups in total. The van der Waals surface area contributed by atoms with E-state index < -0.39 is 11.4 Å². The van der Waals surface area contributed by atoms with Crippen LogP contribution in [-0.4, -0.2) is 41.4 Å². The Balaban J connectivity index is 1.58. The highest BCUT2D eigenvalue weighted by atomic mass is 16.5. The van der Waals surface area contributed by atoms with E-state index in [1.807, 2.05) is 6.20 Å². The standard InChI is InChI=1S/C21H30N2O3/c1-14(2)26-17-6-10-23(11-7-17)19-18(21(8-9-21)20(24)25)12-16(13-22-19)15-4-3-5-15/h12-15,17H,3-11H2,1-2H3,(H,24,25). The van der Waals surface area contributed by atoms with Gasteiger partial charge in [-0.3, -0.25) is 4.79 Å². The molecule has 0 aromatic carbocycles. The molecule has 1 aromatic rings. The maximum Gasteiger partial charge on any atom is 0.314 e. The molecule has 0 unspecified atom stereocenters. The first-order chi connectivity index (χ1) is 12.5. The first-order valence-corrected chi connectivity index (χ1v) is 10.1. The van der Waals surface area contributed by atoms with E-state index in [4.69, 9.17) is 9.72 Å². The summed E-state index contributed by atoms with van der Waals surface area (Å²) in [6, 6.07) is 2.17. The Morgan fingerprint density at radius 2 is 1.96 bits per heavy atom. The number of anilines is 1. The van der Waals surface area contributed by atoms with Gasteiger partial charge in [0.25, 0.3) is 0 Å². The number of piperidine rings is 1. The van der Waals surface area contributed by atoms with Gasteiger partial charge in [-0.2, -0.15) is 0 Å². The topological polar surface area (TPSA) is 62.7 Å². The van der Waals surface area contributed by atoms with Gasteiger partial charge in [-0.25, -0.2) is 4.98 Å². The molecule has 0 atom stereocenters. The number of carboxylic acid groups (broad SMARTS) is 1. The Kier molecular flexibility index (Phi) is 4.68. The number of aromatic nitrogens is 1. The molecule has 0 bridgehead atoms. The molecule has 3 aliphatic rings. The summed E-state index contributed by atoms with van der Waals surface area (Å²) in [5.74, 6) is 0.783. The van der Waals surface area contributed by atoms with Crippen molar-refractivity contribution in [2.45, 2.75) is 82.3 Å². The zero-order chi connectivity index (χ0) is 18.3. The summed E-state index contributed by atoms with van der Waals surface area (Å²) < 4.78 is 5.95. The van der Waals surface area contributed by atoms with Gasteiger partial charge in [-0.1, -0.05) is 6.42 Å². The maximum atomic E-state index is 12.0. The van der Waals surface area contributed by atoms with E-state index >= 15 is 0 Å². The lowest BCUT2D eigenvalue weighted by atomic mass is 9.79. The van der Waals surface area contributed by atoms with Gasteiger partial charge in [-0.05, 0) is 69.9 Å². The predicted molar refractivity (Wildman–Crippen MR) is 101 cm³/mol. The average molecular weight is 358 g/mol. The van der Waals surface area contributed by atoms with Gasteiger partial charge in [0.1, 0.15) is 5.82 Å². The highest BCUT2D eigenvalue weighted by Crippen LogP contribution is 2.52. The summed E-state index contributed by atoms with van der Waals surface area (Å²) in [4.78, 5) is 19.1. The SMILES string of the molecule is CC(C)OC1CCN(c2ncc(C3CCC3)cc2C2(C(=O)O)CC2)CC1. The van der Waals surface area contributed by atoms with Crippen LogP contribution >= 0.6 is 0 Å². The summed E-state index contributed by atoms with van der Waals surface area (Å²) in [5, 5.41) is 9.86. The number of pyridine rings is 1. The van der Waals surface area contributed by atoms with Crippen LogP contribution in [-0.2, 0) is 14.9 Å². The van der Waals surface area contributed by atoms with E-state index in [9.17, 15) is 9.90 Å². The molecule has 1 aromatic heterocycles. The van der Waals surface area contributed by atoms with Crippen LogP contribution in [0.2, 0.25) is 0 Å². The molecule has 2 saturated carbocycles. The molecule has 5 heteroatoms. The van der Waals surface area contributed by atoms with Crippen molar-refractivity contribution in [3.63, 3.8) is 0 Å². The Morgan fingerprint density at radius 1 is 1.27 bits per heavy atom. The molecule has 4 rings (SSSR count). The van der Waals surface area contributed by atoms with Gasteiger partial charge >= 0.3 is 5.97 Å². The third-order valence-electron chi connectivity index (χ3n) is 6.35. The van der Waals surface area contributed by atoms with Gasteiger partial charge in [0, 0.05) is 24.8 Å². The van der Waals surface area contributed by atoms with E-state index in [-0.39, 0.29) is 6.10 Å². The van der Waals surface area contributed by atoms with Crippen molar-refractivity contribution in [3.8, 4) is 0 Å². The molecule has 0 amide bonds. The van der Waals surface area contributed by atoms with Crippen LogP contribution < -0.4 is 4.90 Å². The van der Waals surface area contributed by atoms with E-state index in [2.05, 4.69) is 24.8 Å². The van der Waals surface area contributed by atoms with Crippen molar-refractivity contribution >= 4 is 11.8 Å². The van der Waals surface area contributed by atoms with Gasteiger partial charge in [0.2, 0.25) is 0 Å². The minimum absolute atomic E-state index is 0.253. The molecule has 0 radical (unpaired) electrons. The number of nitrogens with zero attached hydrogens (tertiary/aromatic N) is 2. The maximum absolute atomic E-state index is 12.0. The lowest BCUT2D eigenvalue weighted by Crippen LogP contribution is -2.39. The Hall–Kier alpha value is -1.62. The molecule has 3 fully saturated rings. The molecule has 142 valence electrons. The number of carboxylic acids is 1. The average Bonchev–Trinajstić information content (AvgIpc) is 3.35. The fraction of sp³-hybridized carbons (Fsp3) is 0.714. The van der Waals surface area contributed by atoms with Crippen molar-refractivity contribution < 1.29 is 14.6 Å². The van der Waals surface area contributed by atoms with Crippen LogP contribution in [0.3, 0.4) is 0 Å². The first kappa shape index (κ1) is 17.8. The molecular weight excluding hydrogens is 328 g/mol. The van der Waals surface area contributed by atoms with Gasteiger partial charge in [0.15, 0.2) is 0 Å². The van der Waals surface area contributed by atoms with Gasteiger partial charge in [0.05, 0.1) is 17.6 Å². The largest absolute Gasteiger partial charge is 0.481 e. The number of rotatable bonds is 6. The molecular formula is C21H30N2O3. The van der Waals surface area contributed by atoms with Gasteiger partial charge < -0.3 is 14.7 Å². The lowest BCUT2D eigenvalue weighted by Gasteiger charge is -2.36. The van der Waals surface area contributed by atoms with Crippen LogP contribution in [0.25, 0.3) is 0 Å². The van der Waals surface area contributed by atoms with Crippen LogP contribution in [0.15, 0.2) is 12.3 Å². The van der Waals surface area contributed by atoms with E-state index in [1.165, 1.54) is 24.8 Å². The highest BCUT2D eigenvalue weighted by Gasteiger charge is 2.54. The van der Waals surface area contributed by atoms with Crippen LogP contribution in [0, 0.1) is 0 Å². The van der Waals surface area contributed by atoms with Gasteiger partial charge in [-0.15, -0.1) is 0 Å². The second-order valence-corrected chi connectivity index (χ2v) is 8.53. The molecule has 1 saturated heterocycles. The number of hydrogen-bond donors (Lipinski definition) is 1. The third-order valence-corrected chi connectivity index (χ3v) is 6.35. The molecule has 0 spiro atoms. The molecule has 26 heavy (non-hydrogen) atoms. The molecule has 1 aliphatic heterocycles. The Bertz CT molecular complexity index is 672. The monoisotopic (exact) mass is 358 g/mol. The van der Waals surface area contributed by atoms with Crippen LogP contribution in [0.5, 0.6) is 0 Å². The normalized spacial score (nSPS) is 23.1. The number of ether oxygens (including phenoxy) is 1. The smallest absolute Gasteiger partial charge is 0.314 e. The number of hydrogen-bond acceptors (Lipinski definition) is 4. The summed E-state index contributed by atoms with van der Waals surface area (Å²) in [7, 11) is 0. The van der Waals surface area contributed by atoms with Crippen molar-refractivity contribution in [2.24, 2.45) is 0 Å². The minimum atomic E-state index is -0.701. The van der Waals surface area contributed by atoms with E-state index in [0.717, 1.165) is 50.2 Å². The number of aliphatic carboxylic acids is 1. The molecule has 5 nitrogen and oxygen atoms in total. The second-order valence-electron chi connectivity index (χ2n) is 8.53. The fourth-order valence-corrected chi connectivity index (χ4v) is 4.35. The van der Waals surface area contributed by atoms with E-state index in [1.54, 1.807) is 0 Å². The minimum Gasteiger partial charge on any atom is -0.481 e. The van der Waals surface area contributed by atoms with Crippen molar-refractivity contribution in [1.29, 1.82) is 0 Å². The number of carbonyl (C=O) groups is 1. The molecule has 2 aliphatic carbocycles. The second kappa shape index (κ2) is 6.84. The first-order valence-electron chi connectivity index (χ1n) is 10.1. The van der Waals surface area contributed by atoms with Crippen molar-refractivity contribution in [1.82, 2.24) is 4.98 Å².